The quantitative estimate of drug-likeness (QED) is 0.875. The van der Waals surface area contributed by atoms with Gasteiger partial charge in [-0.2, -0.15) is 0 Å². The maximum absolute atomic E-state index is 13.1. The van der Waals surface area contributed by atoms with Gasteiger partial charge in [0.05, 0.1) is 6.61 Å². The second kappa shape index (κ2) is 6.17. The van der Waals surface area contributed by atoms with E-state index in [4.69, 9.17) is 5.11 Å². The molecule has 2 aromatic rings. The molecule has 0 aliphatic rings. The van der Waals surface area contributed by atoms with Crippen molar-refractivity contribution in [1.82, 2.24) is 0 Å². The molecule has 1 N–H and O–H groups in total. The van der Waals surface area contributed by atoms with Gasteiger partial charge in [0.25, 0.3) is 0 Å². The molecule has 3 heteroatoms. The van der Waals surface area contributed by atoms with E-state index >= 15 is 0 Å². The SMILES string of the molecule is OCCN(Cc1cccc(F)c1)c1ccccc1. The molecule has 0 heterocycles. The van der Waals surface area contributed by atoms with Crippen LogP contribution in [-0.2, 0) is 6.54 Å². The molecule has 0 aliphatic heterocycles. The zero-order chi connectivity index (χ0) is 12.8. The molecule has 0 saturated heterocycles. The van der Waals surface area contributed by atoms with E-state index in [1.54, 1.807) is 6.07 Å². The summed E-state index contributed by atoms with van der Waals surface area (Å²) in [7, 11) is 0. The molecule has 18 heavy (non-hydrogen) atoms. The second-order valence-electron chi connectivity index (χ2n) is 4.11. The van der Waals surface area contributed by atoms with Gasteiger partial charge in [-0.1, -0.05) is 30.3 Å². The molecule has 0 bridgehead atoms. The van der Waals surface area contributed by atoms with Crippen molar-refractivity contribution in [2.45, 2.75) is 6.54 Å². The molecule has 0 saturated carbocycles. The predicted molar refractivity (Wildman–Crippen MR) is 71.0 cm³/mol. The van der Waals surface area contributed by atoms with Crippen LogP contribution >= 0.6 is 0 Å². The Morgan fingerprint density at radius 3 is 2.44 bits per heavy atom. The van der Waals surface area contributed by atoms with E-state index in [1.165, 1.54) is 12.1 Å². The first-order valence-corrected chi connectivity index (χ1v) is 5.95. The Balaban J connectivity index is 2.16. The Hall–Kier alpha value is -1.87. The topological polar surface area (TPSA) is 23.5 Å². The Morgan fingerprint density at radius 1 is 1.00 bits per heavy atom. The lowest BCUT2D eigenvalue weighted by Gasteiger charge is -2.24. The molecular formula is C15H16FNO. The first kappa shape index (κ1) is 12.6. The van der Waals surface area contributed by atoms with E-state index in [9.17, 15) is 4.39 Å². The minimum Gasteiger partial charge on any atom is -0.395 e. The number of aliphatic hydroxyl groups excluding tert-OH is 1. The highest BCUT2D eigenvalue weighted by molar-refractivity contribution is 5.46. The Bertz CT molecular complexity index is 487. The fourth-order valence-corrected chi connectivity index (χ4v) is 1.91. The number of aliphatic hydroxyl groups is 1. The summed E-state index contributed by atoms with van der Waals surface area (Å²) in [5.74, 6) is -0.232. The van der Waals surface area contributed by atoms with Gasteiger partial charge in [-0.15, -0.1) is 0 Å². The molecule has 0 atom stereocenters. The van der Waals surface area contributed by atoms with E-state index in [0.717, 1.165) is 11.3 Å². The Labute approximate surface area is 106 Å². The number of hydrogen-bond donors (Lipinski definition) is 1. The van der Waals surface area contributed by atoms with Gasteiger partial charge in [0, 0.05) is 18.8 Å². The van der Waals surface area contributed by atoms with Gasteiger partial charge in [0.1, 0.15) is 5.82 Å². The van der Waals surface area contributed by atoms with Crippen LogP contribution in [0.25, 0.3) is 0 Å². The van der Waals surface area contributed by atoms with Crippen molar-refractivity contribution >= 4 is 5.69 Å². The molecule has 2 nitrogen and oxygen atoms in total. The molecule has 94 valence electrons. The number of hydrogen-bond acceptors (Lipinski definition) is 2. The van der Waals surface area contributed by atoms with Gasteiger partial charge in [0.15, 0.2) is 0 Å². The molecule has 0 aromatic heterocycles. The van der Waals surface area contributed by atoms with E-state index < -0.39 is 0 Å². The summed E-state index contributed by atoms with van der Waals surface area (Å²) in [6.07, 6.45) is 0. The van der Waals surface area contributed by atoms with Gasteiger partial charge in [-0.3, -0.25) is 0 Å². The maximum atomic E-state index is 13.1. The van der Waals surface area contributed by atoms with Crippen molar-refractivity contribution in [3.05, 3.63) is 66.0 Å². The van der Waals surface area contributed by atoms with Gasteiger partial charge < -0.3 is 10.0 Å². The van der Waals surface area contributed by atoms with Gasteiger partial charge in [0.2, 0.25) is 0 Å². The number of rotatable bonds is 5. The van der Waals surface area contributed by atoms with Crippen molar-refractivity contribution in [2.75, 3.05) is 18.1 Å². The Morgan fingerprint density at radius 2 is 1.78 bits per heavy atom. The summed E-state index contributed by atoms with van der Waals surface area (Å²) in [4.78, 5) is 2.02. The summed E-state index contributed by atoms with van der Waals surface area (Å²) in [5, 5.41) is 9.11. The molecule has 0 aliphatic carbocycles. The second-order valence-corrected chi connectivity index (χ2v) is 4.11. The van der Waals surface area contributed by atoms with E-state index in [-0.39, 0.29) is 12.4 Å². The van der Waals surface area contributed by atoms with Crippen molar-refractivity contribution in [2.24, 2.45) is 0 Å². The van der Waals surface area contributed by atoms with Gasteiger partial charge in [-0.05, 0) is 29.8 Å². The number of nitrogens with zero attached hydrogens (tertiary/aromatic N) is 1. The molecular weight excluding hydrogens is 229 g/mol. The molecule has 0 fully saturated rings. The highest BCUT2D eigenvalue weighted by Crippen LogP contribution is 2.16. The van der Waals surface area contributed by atoms with Crippen molar-refractivity contribution in [3.8, 4) is 0 Å². The van der Waals surface area contributed by atoms with Crippen molar-refractivity contribution in [1.29, 1.82) is 0 Å². The van der Waals surface area contributed by atoms with Crippen molar-refractivity contribution < 1.29 is 9.50 Å². The van der Waals surface area contributed by atoms with Crippen LogP contribution in [0.1, 0.15) is 5.56 Å². The lowest BCUT2D eigenvalue weighted by Crippen LogP contribution is -2.26. The standard InChI is InChI=1S/C15H16FNO/c16-14-6-4-5-13(11-14)12-17(9-10-18)15-7-2-1-3-8-15/h1-8,11,18H,9-10,12H2. The highest BCUT2D eigenvalue weighted by Gasteiger charge is 2.06. The largest absolute Gasteiger partial charge is 0.395 e. The van der Waals surface area contributed by atoms with E-state index in [2.05, 4.69) is 0 Å². The van der Waals surface area contributed by atoms with E-state index in [0.29, 0.717) is 13.1 Å². The van der Waals surface area contributed by atoms with Crippen LogP contribution in [0.2, 0.25) is 0 Å². The third-order valence-corrected chi connectivity index (χ3v) is 2.75. The molecule has 0 amide bonds. The van der Waals surface area contributed by atoms with Gasteiger partial charge in [-0.25, -0.2) is 4.39 Å². The molecule has 0 radical (unpaired) electrons. The van der Waals surface area contributed by atoms with E-state index in [1.807, 2.05) is 41.3 Å². The van der Waals surface area contributed by atoms with Crippen LogP contribution in [0.15, 0.2) is 54.6 Å². The smallest absolute Gasteiger partial charge is 0.123 e. The van der Waals surface area contributed by atoms with Crippen LogP contribution in [-0.4, -0.2) is 18.3 Å². The minimum absolute atomic E-state index is 0.0736. The average molecular weight is 245 g/mol. The summed E-state index contributed by atoms with van der Waals surface area (Å²) in [6.45, 7) is 1.19. The minimum atomic E-state index is -0.232. The number of anilines is 1. The fourth-order valence-electron chi connectivity index (χ4n) is 1.91. The number of para-hydroxylation sites is 1. The lowest BCUT2D eigenvalue weighted by molar-refractivity contribution is 0.301. The molecule has 0 spiro atoms. The number of benzene rings is 2. The molecule has 0 unspecified atom stereocenters. The Kier molecular flexibility index (Phi) is 4.31. The van der Waals surface area contributed by atoms with Crippen LogP contribution in [0.3, 0.4) is 0 Å². The summed E-state index contributed by atoms with van der Waals surface area (Å²) in [5.41, 5.74) is 1.92. The van der Waals surface area contributed by atoms with Crippen molar-refractivity contribution in [3.63, 3.8) is 0 Å². The van der Waals surface area contributed by atoms with Crippen LogP contribution in [0, 0.1) is 5.82 Å². The summed E-state index contributed by atoms with van der Waals surface area (Å²) in [6, 6.07) is 16.3. The lowest BCUT2D eigenvalue weighted by atomic mass is 10.2. The first-order valence-electron chi connectivity index (χ1n) is 5.95. The zero-order valence-electron chi connectivity index (χ0n) is 10.1. The monoisotopic (exact) mass is 245 g/mol. The number of halogens is 1. The first-order chi connectivity index (χ1) is 8.79. The van der Waals surface area contributed by atoms with Gasteiger partial charge >= 0.3 is 0 Å². The van der Waals surface area contributed by atoms with Crippen LogP contribution in [0.4, 0.5) is 10.1 Å². The molecule has 2 rings (SSSR count). The maximum Gasteiger partial charge on any atom is 0.123 e. The highest BCUT2D eigenvalue weighted by atomic mass is 19.1. The molecule has 2 aromatic carbocycles. The predicted octanol–water partition coefficient (Wildman–Crippen LogP) is 2.82. The van der Waals surface area contributed by atoms with Crippen LogP contribution in [0.5, 0.6) is 0 Å². The zero-order valence-corrected chi connectivity index (χ0v) is 10.1. The normalized spacial score (nSPS) is 10.3. The average Bonchev–Trinajstić information content (AvgIpc) is 2.39. The summed E-state index contributed by atoms with van der Waals surface area (Å²) >= 11 is 0. The van der Waals surface area contributed by atoms with Crippen LogP contribution < -0.4 is 4.90 Å². The summed E-state index contributed by atoms with van der Waals surface area (Å²) < 4.78 is 13.1. The third-order valence-electron chi connectivity index (χ3n) is 2.75. The third kappa shape index (κ3) is 3.31. The fraction of sp³-hybridized carbons (Fsp3) is 0.200.